The second kappa shape index (κ2) is 7.72. The van der Waals surface area contributed by atoms with E-state index in [-0.39, 0.29) is 17.2 Å². The maximum atomic E-state index is 13.0. The number of nitrogens with zero attached hydrogens (tertiary/aromatic N) is 2. The summed E-state index contributed by atoms with van der Waals surface area (Å²) in [6, 6.07) is 26.8. The summed E-state index contributed by atoms with van der Waals surface area (Å²) in [4.78, 5) is 25.5. The lowest BCUT2D eigenvalue weighted by Gasteiger charge is -2.04. The van der Waals surface area contributed by atoms with Crippen LogP contribution in [0.1, 0.15) is 26.3 Å². The predicted molar refractivity (Wildman–Crippen MR) is 105 cm³/mol. The molecule has 1 heterocycles. The zero-order valence-corrected chi connectivity index (χ0v) is 14.9. The van der Waals surface area contributed by atoms with Gasteiger partial charge in [-0.25, -0.2) is 9.48 Å². The second-order valence-electron chi connectivity index (χ2n) is 6.08. The lowest BCUT2D eigenvalue weighted by Crippen LogP contribution is -2.11. The van der Waals surface area contributed by atoms with E-state index in [1.165, 1.54) is 4.68 Å². The fraction of sp³-hybridized carbons (Fsp3) is 0. The molecule has 0 bridgehead atoms. The molecule has 0 atom stereocenters. The van der Waals surface area contributed by atoms with Crippen LogP contribution < -0.4 is 4.74 Å². The van der Waals surface area contributed by atoms with Gasteiger partial charge in [-0.15, -0.1) is 5.10 Å². The number of benzene rings is 3. The van der Waals surface area contributed by atoms with E-state index in [2.05, 4.69) is 5.10 Å². The Morgan fingerprint density at radius 2 is 1.25 bits per heavy atom. The normalized spacial score (nSPS) is 10.4. The third-order valence-corrected chi connectivity index (χ3v) is 4.18. The topological polar surface area (TPSA) is 61.2 Å². The molecule has 4 aromatic rings. The molecule has 4 rings (SSSR count). The highest BCUT2D eigenvalue weighted by atomic mass is 16.5. The van der Waals surface area contributed by atoms with Crippen molar-refractivity contribution in [3.8, 4) is 11.6 Å². The van der Waals surface area contributed by atoms with Gasteiger partial charge in [-0.1, -0.05) is 66.7 Å². The number of hydrogen-bond acceptors (Lipinski definition) is 4. The van der Waals surface area contributed by atoms with Crippen molar-refractivity contribution < 1.29 is 14.3 Å². The van der Waals surface area contributed by atoms with Gasteiger partial charge in [0.2, 0.25) is 0 Å². The fourth-order valence-corrected chi connectivity index (χ4v) is 2.77. The monoisotopic (exact) mass is 368 g/mol. The molecule has 136 valence electrons. The first-order valence-electron chi connectivity index (χ1n) is 8.74. The van der Waals surface area contributed by atoms with Crippen LogP contribution in [-0.2, 0) is 0 Å². The Labute approximate surface area is 161 Å². The van der Waals surface area contributed by atoms with Crippen LogP contribution in [0.2, 0.25) is 0 Å². The van der Waals surface area contributed by atoms with Gasteiger partial charge in [-0.3, -0.25) is 4.79 Å². The van der Waals surface area contributed by atoms with Crippen LogP contribution in [0.25, 0.3) is 5.69 Å². The summed E-state index contributed by atoms with van der Waals surface area (Å²) in [5.74, 6) is -0.855. The first kappa shape index (κ1) is 17.4. The van der Waals surface area contributed by atoms with E-state index in [0.717, 1.165) is 5.69 Å². The van der Waals surface area contributed by atoms with Crippen molar-refractivity contribution in [1.29, 1.82) is 0 Å². The SMILES string of the molecule is O=C(Oc1nn(-c2ccccc2)cc1C(=O)c1ccccc1)c1ccccc1. The molecule has 0 radical (unpaired) electrons. The number of ketones is 1. The van der Waals surface area contributed by atoms with Crippen LogP contribution in [0.3, 0.4) is 0 Å². The average molecular weight is 368 g/mol. The molecular weight excluding hydrogens is 352 g/mol. The Bertz CT molecular complexity index is 1100. The quantitative estimate of drug-likeness (QED) is 0.389. The number of esters is 1. The Hall–Kier alpha value is -3.99. The van der Waals surface area contributed by atoms with Crippen molar-refractivity contribution in [2.75, 3.05) is 0 Å². The Morgan fingerprint density at radius 3 is 1.86 bits per heavy atom. The molecule has 0 aliphatic rings. The molecule has 0 aliphatic carbocycles. The number of aromatic nitrogens is 2. The number of carbonyl (C=O) groups excluding carboxylic acids is 2. The van der Waals surface area contributed by atoms with Gasteiger partial charge in [-0.05, 0) is 24.3 Å². The summed E-state index contributed by atoms with van der Waals surface area (Å²) in [5, 5.41) is 4.35. The van der Waals surface area contributed by atoms with Crippen LogP contribution in [0, 0.1) is 0 Å². The highest BCUT2D eigenvalue weighted by Crippen LogP contribution is 2.23. The van der Waals surface area contributed by atoms with E-state index in [4.69, 9.17) is 4.74 Å². The Balaban J connectivity index is 1.74. The smallest absolute Gasteiger partial charge is 0.344 e. The molecule has 1 aromatic heterocycles. The summed E-state index contributed by atoms with van der Waals surface area (Å²) >= 11 is 0. The Morgan fingerprint density at radius 1 is 0.714 bits per heavy atom. The van der Waals surface area contributed by atoms with E-state index in [1.54, 1.807) is 54.7 Å². The van der Waals surface area contributed by atoms with Gasteiger partial charge in [-0.2, -0.15) is 0 Å². The molecule has 0 aliphatic heterocycles. The lowest BCUT2D eigenvalue weighted by atomic mass is 10.1. The predicted octanol–water partition coefficient (Wildman–Crippen LogP) is 4.32. The maximum Gasteiger partial charge on any atom is 0.344 e. The highest BCUT2D eigenvalue weighted by Gasteiger charge is 2.22. The van der Waals surface area contributed by atoms with Gasteiger partial charge in [0.15, 0.2) is 5.78 Å². The van der Waals surface area contributed by atoms with E-state index in [1.807, 2.05) is 42.5 Å². The van der Waals surface area contributed by atoms with Crippen molar-refractivity contribution in [2.24, 2.45) is 0 Å². The van der Waals surface area contributed by atoms with Crippen molar-refractivity contribution in [1.82, 2.24) is 9.78 Å². The van der Waals surface area contributed by atoms with E-state index < -0.39 is 5.97 Å². The van der Waals surface area contributed by atoms with Crippen LogP contribution >= 0.6 is 0 Å². The van der Waals surface area contributed by atoms with Gasteiger partial charge in [0.1, 0.15) is 5.56 Å². The van der Waals surface area contributed by atoms with E-state index in [0.29, 0.717) is 11.1 Å². The number of rotatable bonds is 5. The van der Waals surface area contributed by atoms with Gasteiger partial charge in [0.05, 0.1) is 11.3 Å². The molecular formula is C23H16N2O3. The summed E-state index contributed by atoms with van der Waals surface area (Å²) < 4.78 is 7.02. The molecule has 0 amide bonds. The highest BCUT2D eigenvalue weighted by molar-refractivity contribution is 6.10. The Kier molecular flexibility index (Phi) is 4.80. The fourth-order valence-electron chi connectivity index (χ4n) is 2.77. The van der Waals surface area contributed by atoms with E-state index >= 15 is 0 Å². The standard InChI is InChI=1S/C23H16N2O3/c26-21(17-10-4-1-5-11-17)20-16-25(19-14-8-3-9-15-19)24-22(20)28-23(27)18-12-6-2-7-13-18/h1-16H. The molecule has 0 unspecified atom stereocenters. The van der Waals surface area contributed by atoms with Crippen LogP contribution in [-0.4, -0.2) is 21.5 Å². The summed E-state index contributed by atoms with van der Waals surface area (Å²) in [7, 11) is 0. The first-order chi connectivity index (χ1) is 13.7. The molecule has 0 fully saturated rings. The molecule has 0 spiro atoms. The molecule has 0 saturated carbocycles. The second-order valence-corrected chi connectivity index (χ2v) is 6.08. The third kappa shape index (κ3) is 3.59. The molecule has 3 aromatic carbocycles. The molecule has 5 nitrogen and oxygen atoms in total. The summed E-state index contributed by atoms with van der Waals surface area (Å²) in [5.41, 5.74) is 1.85. The number of carbonyl (C=O) groups is 2. The number of ether oxygens (including phenoxy) is 1. The lowest BCUT2D eigenvalue weighted by molar-refractivity contribution is 0.0725. The van der Waals surface area contributed by atoms with E-state index in [9.17, 15) is 9.59 Å². The van der Waals surface area contributed by atoms with Gasteiger partial charge in [0.25, 0.3) is 5.88 Å². The zero-order chi connectivity index (χ0) is 19.3. The average Bonchev–Trinajstić information content (AvgIpc) is 3.19. The van der Waals surface area contributed by atoms with Crippen molar-refractivity contribution in [2.45, 2.75) is 0 Å². The van der Waals surface area contributed by atoms with Crippen LogP contribution in [0.5, 0.6) is 5.88 Å². The van der Waals surface area contributed by atoms with Gasteiger partial charge >= 0.3 is 5.97 Å². The first-order valence-corrected chi connectivity index (χ1v) is 8.74. The molecule has 5 heteroatoms. The molecule has 0 N–H and O–H groups in total. The number of para-hydroxylation sites is 1. The van der Waals surface area contributed by atoms with Crippen molar-refractivity contribution in [3.63, 3.8) is 0 Å². The van der Waals surface area contributed by atoms with Gasteiger partial charge in [0, 0.05) is 11.8 Å². The zero-order valence-electron chi connectivity index (χ0n) is 14.9. The van der Waals surface area contributed by atoms with Crippen LogP contribution in [0.15, 0.2) is 97.2 Å². The molecule has 0 saturated heterocycles. The molecule has 28 heavy (non-hydrogen) atoms. The minimum absolute atomic E-state index is 0.0217. The minimum atomic E-state index is -0.568. The van der Waals surface area contributed by atoms with Crippen molar-refractivity contribution >= 4 is 11.8 Å². The maximum absolute atomic E-state index is 13.0. The largest absolute Gasteiger partial charge is 0.401 e. The number of hydrogen-bond donors (Lipinski definition) is 0. The third-order valence-electron chi connectivity index (χ3n) is 4.18. The van der Waals surface area contributed by atoms with Crippen molar-refractivity contribution in [3.05, 3.63) is 114 Å². The summed E-state index contributed by atoms with van der Waals surface area (Å²) in [6.07, 6.45) is 1.58. The van der Waals surface area contributed by atoms with Crippen LogP contribution in [0.4, 0.5) is 0 Å². The minimum Gasteiger partial charge on any atom is -0.401 e. The summed E-state index contributed by atoms with van der Waals surface area (Å²) in [6.45, 7) is 0. The van der Waals surface area contributed by atoms with Gasteiger partial charge < -0.3 is 4.74 Å².